The smallest absolute Gasteiger partial charge is 0.308 e. The number of aliphatic hydroxyl groups is 1. The molecule has 3 atom stereocenters. The molecule has 1 N–H and O–H groups in total. The van der Waals surface area contributed by atoms with E-state index in [2.05, 4.69) is 0 Å². The maximum Gasteiger partial charge on any atom is 0.308 e. The average molecular weight is 274 g/mol. The number of hydrogen-bond donors (Lipinski definition) is 1. The minimum absolute atomic E-state index is 0.140. The van der Waals surface area contributed by atoms with Crippen molar-refractivity contribution in [2.45, 2.75) is 78.2 Å². The van der Waals surface area contributed by atoms with E-state index in [0.717, 1.165) is 6.42 Å². The van der Waals surface area contributed by atoms with Gasteiger partial charge in [-0.15, -0.1) is 0 Å². The van der Waals surface area contributed by atoms with Gasteiger partial charge in [-0.1, -0.05) is 20.8 Å². The summed E-state index contributed by atoms with van der Waals surface area (Å²) in [6, 6.07) is 0. The number of carbonyl (C=O) groups excluding carboxylic acids is 1. The van der Waals surface area contributed by atoms with E-state index in [4.69, 9.17) is 14.2 Å². The molecular weight excluding hydrogens is 248 g/mol. The number of carbonyl (C=O) groups is 1. The molecule has 19 heavy (non-hydrogen) atoms. The number of rotatable bonds is 6. The Kier molecular flexibility index (Phi) is 5.77. The van der Waals surface area contributed by atoms with Crippen LogP contribution in [0.4, 0.5) is 0 Å². The van der Waals surface area contributed by atoms with Crippen LogP contribution < -0.4 is 0 Å². The topological polar surface area (TPSA) is 65.0 Å². The average Bonchev–Trinajstić information content (AvgIpc) is 2.70. The molecule has 0 saturated carbocycles. The second kappa shape index (κ2) is 6.68. The predicted octanol–water partition coefficient (Wildman–Crippen LogP) is 2.21. The van der Waals surface area contributed by atoms with Crippen LogP contribution in [0.5, 0.6) is 0 Å². The molecule has 0 amide bonds. The highest BCUT2D eigenvalue weighted by atomic mass is 16.7. The summed E-state index contributed by atoms with van der Waals surface area (Å²) in [4.78, 5) is 11.6. The minimum atomic E-state index is -1.21. The van der Waals surface area contributed by atoms with Crippen molar-refractivity contribution < 1.29 is 24.1 Å². The van der Waals surface area contributed by atoms with Crippen LogP contribution in [0.15, 0.2) is 0 Å². The van der Waals surface area contributed by atoms with Crippen molar-refractivity contribution in [1.29, 1.82) is 0 Å². The van der Waals surface area contributed by atoms with Crippen LogP contribution in [-0.2, 0) is 19.0 Å². The number of hydrogen-bond acceptors (Lipinski definition) is 5. The highest BCUT2D eigenvalue weighted by molar-refractivity contribution is 5.71. The van der Waals surface area contributed by atoms with E-state index >= 15 is 0 Å². The lowest BCUT2D eigenvalue weighted by Gasteiger charge is -2.26. The van der Waals surface area contributed by atoms with Gasteiger partial charge in [-0.2, -0.15) is 0 Å². The first-order valence-electron chi connectivity index (χ1n) is 6.99. The van der Waals surface area contributed by atoms with E-state index in [-0.39, 0.29) is 24.1 Å². The van der Waals surface area contributed by atoms with Crippen molar-refractivity contribution >= 4 is 5.97 Å². The zero-order chi connectivity index (χ0) is 14.6. The molecular formula is C14H26O5. The molecule has 0 aromatic heterocycles. The van der Waals surface area contributed by atoms with Crippen molar-refractivity contribution in [3.8, 4) is 0 Å². The zero-order valence-corrected chi connectivity index (χ0v) is 12.5. The third-order valence-corrected chi connectivity index (χ3v) is 2.99. The van der Waals surface area contributed by atoms with Crippen LogP contribution in [0.3, 0.4) is 0 Å². The van der Waals surface area contributed by atoms with Gasteiger partial charge in [-0.3, -0.25) is 4.79 Å². The van der Waals surface area contributed by atoms with Gasteiger partial charge in [-0.05, 0) is 26.7 Å². The van der Waals surface area contributed by atoms with E-state index in [9.17, 15) is 9.90 Å². The van der Waals surface area contributed by atoms with Gasteiger partial charge in [0, 0.05) is 6.42 Å². The Morgan fingerprint density at radius 3 is 2.53 bits per heavy atom. The summed E-state index contributed by atoms with van der Waals surface area (Å²) in [6.07, 6.45) is 1.34. The summed E-state index contributed by atoms with van der Waals surface area (Å²) in [5.41, 5.74) is 0. The Bertz CT molecular complexity index is 295. The lowest BCUT2D eigenvalue weighted by Crippen LogP contribution is -2.35. The van der Waals surface area contributed by atoms with Crippen LogP contribution in [0.25, 0.3) is 0 Å². The molecule has 112 valence electrons. The van der Waals surface area contributed by atoms with E-state index in [1.807, 2.05) is 20.8 Å². The highest BCUT2D eigenvalue weighted by Crippen LogP contribution is 2.28. The Morgan fingerprint density at radius 1 is 1.42 bits per heavy atom. The van der Waals surface area contributed by atoms with E-state index in [0.29, 0.717) is 12.8 Å². The van der Waals surface area contributed by atoms with Crippen LogP contribution in [-0.4, -0.2) is 35.4 Å². The van der Waals surface area contributed by atoms with Crippen LogP contribution in [0.1, 0.15) is 53.9 Å². The molecule has 0 aliphatic carbocycles. The van der Waals surface area contributed by atoms with E-state index in [1.54, 1.807) is 13.8 Å². The quantitative estimate of drug-likeness (QED) is 0.594. The molecule has 1 heterocycles. The van der Waals surface area contributed by atoms with E-state index in [1.165, 1.54) is 0 Å². The lowest BCUT2D eigenvalue weighted by atomic mass is 10.1. The molecule has 1 saturated heterocycles. The van der Waals surface area contributed by atoms with Crippen molar-refractivity contribution in [3.63, 3.8) is 0 Å². The van der Waals surface area contributed by atoms with Crippen LogP contribution in [0, 0.1) is 5.92 Å². The van der Waals surface area contributed by atoms with E-state index < -0.39 is 12.1 Å². The Hall–Kier alpha value is -0.650. The SMILES string of the molecule is CCC(OC(=O)C(C)C)C1CC[C@@H](OC(C)(C)O)O1. The van der Waals surface area contributed by atoms with Gasteiger partial charge in [0.05, 0.1) is 12.0 Å². The monoisotopic (exact) mass is 274 g/mol. The number of ether oxygens (including phenoxy) is 3. The summed E-state index contributed by atoms with van der Waals surface area (Å²) in [5.74, 6) is -1.56. The van der Waals surface area contributed by atoms with Crippen molar-refractivity contribution in [1.82, 2.24) is 0 Å². The predicted molar refractivity (Wildman–Crippen MR) is 70.3 cm³/mol. The third kappa shape index (κ3) is 5.47. The Balaban J connectivity index is 2.49. The summed E-state index contributed by atoms with van der Waals surface area (Å²) < 4.78 is 16.5. The maximum atomic E-state index is 11.6. The largest absolute Gasteiger partial charge is 0.459 e. The molecule has 2 unspecified atom stereocenters. The van der Waals surface area contributed by atoms with Gasteiger partial charge in [0.25, 0.3) is 0 Å². The molecule has 1 aliphatic heterocycles. The maximum absolute atomic E-state index is 11.6. The molecule has 1 rings (SSSR count). The first-order valence-corrected chi connectivity index (χ1v) is 6.99. The molecule has 1 aliphatic rings. The van der Waals surface area contributed by atoms with Gasteiger partial charge in [0.15, 0.2) is 12.1 Å². The van der Waals surface area contributed by atoms with Crippen molar-refractivity contribution in [3.05, 3.63) is 0 Å². The van der Waals surface area contributed by atoms with Gasteiger partial charge in [0.2, 0.25) is 0 Å². The molecule has 0 aromatic rings. The molecule has 0 spiro atoms. The fourth-order valence-corrected chi connectivity index (χ4v) is 2.02. The van der Waals surface area contributed by atoms with Crippen LogP contribution in [0.2, 0.25) is 0 Å². The van der Waals surface area contributed by atoms with Gasteiger partial charge >= 0.3 is 5.97 Å². The minimum Gasteiger partial charge on any atom is -0.459 e. The second-order valence-electron chi connectivity index (χ2n) is 5.78. The lowest BCUT2D eigenvalue weighted by molar-refractivity contribution is -0.274. The Morgan fingerprint density at radius 2 is 2.05 bits per heavy atom. The Labute approximate surface area is 115 Å². The zero-order valence-electron chi connectivity index (χ0n) is 12.5. The second-order valence-corrected chi connectivity index (χ2v) is 5.78. The first kappa shape index (κ1) is 16.4. The molecule has 0 radical (unpaired) electrons. The van der Waals surface area contributed by atoms with Gasteiger partial charge in [-0.25, -0.2) is 0 Å². The fraction of sp³-hybridized carbons (Fsp3) is 0.929. The standard InChI is InChI=1S/C14H26O5/c1-6-10(18-13(15)9(2)3)11-7-8-12(17-11)19-14(4,5)16/h9-12,16H,6-8H2,1-5H3/t10?,11?,12-/m1/s1. The highest BCUT2D eigenvalue weighted by Gasteiger charge is 2.36. The summed E-state index contributed by atoms with van der Waals surface area (Å²) in [7, 11) is 0. The number of esters is 1. The molecule has 5 nitrogen and oxygen atoms in total. The fourth-order valence-electron chi connectivity index (χ4n) is 2.02. The summed E-state index contributed by atoms with van der Waals surface area (Å²) in [5, 5.41) is 9.59. The third-order valence-electron chi connectivity index (χ3n) is 2.99. The van der Waals surface area contributed by atoms with Gasteiger partial charge < -0.3 is 19.3 Å². The molecule has 5 heteroatoms. The normalized spacial score (nSPS) is 25.6. The molecule has 0 bridgehead atoms. The molecule has 0 aromatic carbocycles. The van der Waals surface area contributed by atoms with Crippen molar-refractivity contribution in [2.24, 2.45) is 5.92 Å². The molecule has 1 fully saturated rings. The van der Waals surface area contributed by atoms with Crippen LogP contribution >= 0.6 is 0 Å². The van der Waals surface area contributed by atoms with Gasteiger partial charge in [0.1, 0.15) is 6.10 Å². The summed E-state index contributed by atoms with van der Waals surface area (Å²) >= 11 is 0. The van der Waals surface area contributed by atoms with Crippen molar-refractivity contribution in [2.75, 3.05) is 0 Å². The summed E-state index contributed by atoms with van der Waals surface area (Å²) in [6.45, 7) is 8.72. The first-order chi connectivity index (χ1) is 8.73.